The first-order valence-electron chi connectivity index (χ1n) is 3.58. The molecule has 3 rings (SSSR count). The van der Waals surface area contributed by atoms with Gasteiger partial charge in [0.15, 0.2) is 0 Å². The van der Waals surface area contributed by atoms with Crippen LogP contribution in [0.25, 0.3) is 0 Å². The average Bonchev–Trinajstić information content (AvgIpc) is 1.46. The topological polar surface area (TPSA) is 17.1 Å². The summed E-state index contributed by atoms with van der Waals surface area (Å²) in [5, 5.41) is -0.603. The largest absolute Gasteiger partial charge is 0.394 e. The zero-order chi connectivity index (χ0) is 9.20. The molecule has 0 unspecified atom stereocenters. The fraction of sp³-hybridized carbons (Fsp3) is 0.857. The quantitative estimate of drug-likeness (QED) is 0.592. The van der Waals surface area contributed by atoms with Gasteiger partial charge in [-0.05, 0) is 30.9 Å². The molecule has 0 heterocycles. The molecule has 0 amide bonds. The molecule has 3 fully saturated rings. The van der Waals surface area contributed by atoms with Crippen molar-refractivity contribution in [2.75, 3.05) is 0 Å². The van der Waals surface area contributed by atoms with Crippen LogP contribution >= 0.6 is 11.6 Å². The minimum absolute atomic E-state index is 0.0914. The van der Waals surface area contributed by atoms with Crippen molar-refractivity contribution in [3.8, 4) is 0 Å². The van der Waals surface area contributed by atoms with Crippen molar-refractivity contribution in [3.05, 3.63) is 0 Å². The Balaban J connectivity index is 2.09. The van der Waals surface area contributed by atoms with Gasteiger partial charge in [-0.25, -0.2) is 0 Å². The Kier molecular flexibility index (Phi) is 1.26. The molecule has 0 aromatic carbocycles. The summed E-state index contributed by atoms with van der Waals surface area (Å²) >= 11 is 5.16. The molecule has 2 bridgehead atoms. The van der Waals surface area contributed by atoms with Crippen LogP contribution in [0.5, 0.6) is 0 Å². The van der Waals surface area contributed by atoms with Crippen LogP contribution in [-0.2, 0) is 4.79 Å². The maximum Gasteiger partial charge on any atom is 0.394 e. The molecule has 0 N–H and O–H groups in total. The Morgan fingerprint density at radius 1 is 1.25 bits per heavy atom. The fourth-order valence-corrected chi connectivity index (χ4v) is 2.50. The zero-order valence-electron chi connectivity index (χ0n) is 6.04. The van der Waals surface area contributed by atoms with Crippen molar-refractivity contribution in [1.29, 1.82) is 0 Å². The summed E-state index contributed by atoms with van der Waals surface area (Å²) in [7, 11) is 0. The lowest BCUT2D eigenvalue weighted by Gasteiger charge is -2.68. The predicted octanol–water partition coefficient (Wildman–Crippen LogP) is 2.48. The molecule has 0 aromatic rings. The number of alkyl halides is 3. The Morgan fingerprint density at radius 2 is 1.67 bits per heavy atom. The third-order valence-corrected chi connectivity index (χ3v) is 3.45. The van der Waals surface area contributed by atoms with Gasteiger partial charge in [0, 0.05) is 5.41 Å². The number of hydrogen-bond donors (Lipinski definition) is 0. The van der Waals surface area contributed by atoms with Crippen molar-refractivity contribution in [2.24, 2.45) is 10.8 Å². The molecular weight excluding hydrogens is 193 g/mol. The van der Waals surface area contributed by atoms with E-state index in [0.717, 1.165) is 0 Å². The molecule has 0 aromatic heterocycles. The Morgan fingerprint density at radius 3 is 1.92 bits per heavy atom. The van der Waals surface area contributed by atoms with Crippen LogP contribution in [0.4, 0.5) is 13.2 Å². The van der Waals surface area contributed by atoms with Gasteiger partial charge in [-0.3, -0.25) is 4.79 Å². The molecule has 3 aliphatic carbocycles. The first-order chi connectivity index (χ1) is 5.31. The highest BCUT2D eigenvalue weighted by molar-refractivity contribution is 6.65. The summed E-state index contributed by atoms with van der Waals surface area (Å²) in [5.74, 6) is 0. The lowest BCUT2D eigenvalue weighted by molar-refractivity contribution is -0.348. The molecule has 0 aliphatic heterocycles. The monoisotopic (exact) mass is 198 g/mol. The van der Waals surface area contributed by atoms with Crippen molar-refractivity contribution >= 4 is 16.8 Å². The van der Waals surface area contributed by atoms with Gasteiger partial charge in [0.05, 0.1) is 5.41 Å². The second kappa shape index (κ2) is 1.81. The standard InChI is InChI=1S/C7H6ClF3O/c8-4(12)5-1-6(2-5,3-5)7(9,10)11/h1-3H2. The first-order valence-corrected chi connectivity index (χ1v) is 3.96. The molecule has 0 radical (unpaired) electrons. The van der Waals surface area contributed by atoms with Crippen molar-refractivity contribution in [1.82, 2.24) is 0 Å². The van der Waals surface area contributed by atoms with E-state index in [1.807, 2.05) is 0 Å². The van der Waals surface area contributed by atoms with Crippen LogP contribution in [0.1, 0.15) is 19.3 Å². The van der Waals surface area contributed by atoms with Crippen LogP contribution in [0, 0.1) is 10.8 Å². The van der Waals surface area contributed by atoms with Crippen LogP contribution in [0.3, 0.4) is 0 Å². The van der Waals surface area contributed by atoms with Crippen molar-refractivity contribution < 1.29 is 18.0 Å². The summed E-state index contributed by atoms with van der Waals surface area (Å²) in [6.07, 6.45) is -4.43. The highest BCUT2D eigenvalue weighted by Gasteiger charge is 2.80. The van der Waals surface area contributed by atoms with Gasteiger partial charge >= 0.3 is 6.18 Å². The molecule has 12 heavy (non-hydrogen) atoms. The molecule has 0 spiro atoms. The maximum absolute atomic E-state index is 12.2. The van der Waals surface area contributed by atoms with Gasteiger partial charge in [0.1, 0.15) is 0 Å². The van der Waals surface area contributed by atoms with Gasteiger partial charge in [0.25, 0.3) is 0 Å². The van der Waals surface area contributed by atoms with Crippen LogP contribution < -0.4 is 0 Å². The number of carbonyl (C=O) groups excluding carboxylic acids is 1. The molecule has 3 saturated carbocycles. The highest BCUT2D eigenvalue weighted by Crippen LogP contribution is 2.78. The molecule has 0 saturated heterocycles. The number of hydrogen-bond acceptors (Lipinski definition) is 1. The van der Waals surface area contributed by atoms with Crippen LogP contribution in [0.2, 0.25) is 0 Å². The maximum atomic E-state index is 12.2. The molecular formula is C7H6ClF3O. The Hall–Kier alpha value is -0.250. The third kappa shape index (κ3) is 0.696. The summed E-state index contributed by atoms with van der Waals surface area (Å²) in [4.78, 5) is 10.7. The van der Waals surface area contributed by atoms with Gasteiger partial charge in [-0.15, -0.1) is 0 Å². The van der Waals surface area contributed by atoms with E-state index in [4.69, 9.17) is 11.6 Å². The Bertz CT molecular complexity index is 238. The van der Waals surface area contributed by atoms with E-state index >= 15 is 0 Å². The second-order valence-corrected chi connectivity index (χ2v) is 4.21. The molecule has 0 atom stereocenters. The molecule has 1 nitrogen and oxygen atoms in total. The predicted molar refractivity (Wildman–Crippen MR) is 35.6 cm³/mol. The average molecular weight is 199 g/mol. The second-order valence-electron chi connectivity index (χ2n) is 3.86. The van der Waals surface area contributed by atoms with Gasteiger partial charge in [-0.2, -0.15) is 13.2 Å². The van der Waals surface area contributed by atoms with E-state index in [0.29, 0.717) is 0 Å². The van der Waals surface area contributed by atoms with E-state index < -0.39 is 22.2 Å². The van der Waals surface area contributed by atoms with E-state index in [1.54, 1.807) is 0 Å². The lowest BCUT2D eigenvalue weighted by atomic mass is 9.35. The lowest BCUT2D eigenvalue weighted by Crippen LogP contribution is -2.70. The smallest absolute Gasteiger partial charge is 0.281 e. The minimum atomic E-state index is -4.15. The molecule has 68 valence electrons. The third-order valence-electron chi connectivity index (χ3n) is 3.05. The minimum Gasteiger partial charge on any atom is -0.281 e. The van der Waals surface area contributed by atoms with Gasteiger partial charge in [-0.1, -0.05) is 0 Å². The van der Waals surface area contributed by atoms with Crippen molar-refractivity contribution in [3.63, 3.8) is 0 Å². The Labute approximate surface area is 71.9 Å². The van der Waals surface area contributed by atoms with E-state index in [2.05, 4.69) is 0 Å². The highest BCUT2D eigenvalue weighted by atomic mass is 35.5. The summed E-state index contributed by atoms with van der Waals surface area (Å²) in [6.45, 7) is 0. The molecule has 3 aliphatic rings. The van der Waals surface area contributed by atoms with Gasteiger partial charge in [0.2, 0.25) is 5.24 Å². The number of halogens is 4. The van der Waals surface area contributed by atoms with E-state index in [-0.39, 0.29) is 19.3 Å². The van der Waals surface area contributed by atoms with Crippen molar-refractivity contribution in [2.45, 2.75) is 25.4 Å². The SMILES string of the molecule is O=C(Cl)C12CC(C(F)(F)F)(C1)C2. The van der Waals surface area contributed by atoms with Crippen LogP contribution in [-0.4, -0.2) is 11.4 Å². The van der Waals surface area contributed by atoms with Gasteiger partial charge < -0.3 is 0 Å². The summed E-state index contributed by atoms with van der Waals surface area (Å²) in [6, 6.07) is 0. The number of rotatable bonds is 1. The fourth-order valence-electron chi connectivity index (χ4n) is 2.30. The molecule has 5 heteroatoms. The summed E-state index contributed by atoms with van der Waals surface area (Å²) in [5.41, 5.74) is -2.37. The number of carbonyl (C=O) groups is 1. The normalized spacial score (nSPS) is 44.7. The zero-order valence-corrected chi connectivity index (χ0v) is 6.80. The van der Waals surface area contributed by atoms with E-state index in [9.17, 15) is 18.0 Å². The first kappa shape index (κ1) is 8.35. The van der Waals surface area contributed by atoms with E-state index in [1.165, 1.54) is 0 Å². The van der Waals surface area contributed by atoms with Crippen LogP contribution in [0.15, 0.2) is 0 Å². The summed E-state index contributed by atoms with van der Waals surface area (Å²) < 4.78 is 36.6.